The van der Waals surface area contributed by atoms with Gasteiger partial charge in [0.1, 0.15) is 17.1 Å². The second kappa shape index (κ2) is 9.13. The fourth-order valence-electron chi connectivity index (χ4n) is 3.50. The normalized spacial score (nSPS) is 14.9. The number of rotatable bonds is 5. The summed E-state index contributed by atoms with van der Waals surface area (Å²) in [6.45, 7) is 0. The highest BCUT2D eigenvalue weighted by Crippen LogP contribution is 2.27. The second-order valence-corrected chi connectivity index (χ2v) is 7.82. The third-order valence-electron chi connectivity index (χ3n) is 5.18. The van der Waals surface area contributed by atoms with E-state index in [4.69, 9.17) is 17.0 Å². The Labute approximate surface area is 200 Å². The van der Waals surface area contributed by atoms with Crippen LogP contribution in [0, 0.1) is 0 Å². The Balaban J connectivity index is 1.38. The molecule has 8 heteroatoms. The van der Waals surface area contributed by atoms with Crippen LogP contribution in [0.4, 0.5) is 5.69 Å². The van der Waals surface area contributed by atoms with Gasteiger partial charge in [0, 0.05) is 18.1 Å². The van der Waals surface area contributed by atoms with Gasteiger partial charge in [0.25, 0.3) is 11.8 Å². The van der Waals surface area contributed by atoms with E-state index in [-0.39, 0.29) is 10.7 Å². The molecule has 3 aromatic carbocycles. The molecule has 0 spiro atoms. The molecule has 1 N–H and O–H groups in total. The maximum atomic E-state index is 13.2. The van der Waals surface area contributed by atoms with Gasteiger partial charge >= 0.3 is 0 Å². The maximum Gasteiger partial charge on any atom is 0.270 e. The van der Waals surface area contributed by atoms with Crippen LogP contribution in [0.15, 0.2) is 103 Å². The van der Waals surface area contributed by atoms with E-state index in [0.717, 1.165) is 5.69 Å². The zero-order valence-corrected chi connectivity index (χ0v) is 18.6. The molecular formula is C26H18N4O3S. The van der Waals surface area contributed by atoms with Gasteiger partial charge in [-0.15, -0.1) is 0 Å². The predicted molar refractivity (Wildman–Crippen MR) is 133 cm³/mol. The number of ether oxygens (including phenoxy) is 1. The molecule has 0 atom stereocenters. The Bertz CT molecular complexity index is 1380. The lowest BCUT2D eigenvalue weighted by atomic mass is 10.1. The number of para-hydroxylation sites is 1. The van der Waals surface area contributed by atoms with Gasteiger partial charge in [-0.1, -0.05) is 30.3 Å². The predicted octanol–water partition coefficient (Wildman–Crippen LogP) is 4.50. The summed E-state index contributed by atoms with van der Waals surface area (Å²) in [5.41, 5.74) is 2.15. The number of thiocarbonyl (C=S) groups is 1. The van der Waals surface area contributed by atoms with Crippen molar-refractivity contribution < 1.29 is 14.3 Å². The van der Waals surface area contributed by atoms with Gasteiger partial charge < -0.3 is 9.30 Å². The van der Waals surface area contributed by atoms with E-state index in [2.05, 4.69) is 10.3 Å². The fourth-order valence-corrected chi connectivity index (χ4v) is 3.78. The number of imidazole rings is 1. The van der Waals surface area contributed by atoms with E-state index in [1.807, 2.05) is 65.4 Å². The lowest BCUT2D eigenvalue weighted by Gasteiger charge is -2.29. The van der Waals surface area contributed by atoms with Crippen LogP contribution in [0.3, 0.4) is 0 Å². The number of aromatic nitrogens is 2. The Morgan fingerprint density at radius 1 is 0.853 bits per heavy atom. The highest BCUT2D eigenvalue weighted by atomic mass is 32.1. The number of benzene rings is 3. The molecule has 166 valence electrons. The van der Waals surface area contributed by atoms with E-state index in [9.17, 15) is 9.59 Å². The minimum absolute atomic E-state index is 0.00593. The number of hydrogen-bond acceptors (Lipinski definition) is 5. The standard InChI is InChI=1S/C26H18N4O3S/c31-24-23(16-18-6-8-19(9-7-18)29-15-14-27-17-29)25(32)30(26(34)28-24)20-10-12-22(13-11-20)33-21-4-2-1-3-5-21/h1-17H,(H,28,31,34)/b23-16-. The van der Waals surface area contributed by atoms with Crippen LogP contribution in [0.1, 0.15) is 5.56 Å². The molecule has 1 aromatic heterocycles. The monoisotopic (exact) mass is 466 g/mol. The largest absolute Gasteiger partial charge is 0.457 e. The Morgan fingerprint density at radius 2 is 1.53 bits per heavy atom. The molecule has 1 aliphatic rings. The summed E-state index contributed by atoms with van der Waals surface area (Å²) in [5, 5.41) is 2.63. The number of amides is 2. The summed E-state index contributed by atoms with van der Waals surface area (Å²) in [7, 11) is 0. The molecule has 7 nitrogen and oxygen atoms in total. The van der Waals surface area contributed by atoms with Crippen molar-refractivity contribution in [3.8, 4) is 17.2 Å². The SMILES string of the molecule is O=C1NC(=S)N(c2ccc(Oc3ccccc3)cc2)C(=O)/C1=C\c1ccc(-n2ccnc2)cc1. The number of nitrogens with one attached hydrogen (secondary N) is 1. The van der Waals surface area contributed by atoms with Crippen molar-refractivity contribution in [1.29, 1.82) is 0 Å². The molecule has 0 bridgehead atoms. The molecule has 0 radical (unpaired) electrons. The first kappa shape index (κ1) is 21.3. The summed E-state index contributed by atoms with van der Waals surface area (Å²) in [4.78, 5) is 31.1. The summed E-state index contributed by atoms with van der Waals surface area (Å²) in [6.07, 6.45) is 6.77. The van der Waals surface area contributed by atoms with Crippen molar-refractivity contribution in [3.05, 3.63) is 109 Å². The third-order valence-corrected chi connectivity index (χ3v) is 5.47. The van der Waals surface area contributed by atoms with Gasteiger partial charge in [-0.25, -0.2) is 4.98 Å². The number of carbonyl (C=O) groups excluding carboxylic acids is 2. The minimum atomic E-state index is -0.533. The first-order valence-corrected chi connectivity index (χ1v) is 10.8. The van der Waals surface area contributed by atoms with Gasteiger partial charge in [-0.3, -0.25) is 19.8 Å². The zero-order chi connectivity index (χ0) is 23.5. The van der Waals surface area contributed by atoms with Crippen molar-refractivity contribution >= 4 is 40.9 Å². The van der Waals surface area contributed by atoms with E-state index >= 15 is 0 Å². The second-order valence-electron chi connectivity index (χ2n) is 7.43. The van der Waals surface area contributed by atoms with Crippen LogP contribution >= 0.6 is 12.2 Å². The Morgan fingerprint density at radius 3 is 2.21 bits per heavy atom. The van der Waals surface area contributed by atoms with E-state index in [1.54, 1.807) is 42.9 Å². The molecule has 1 saturated heterocycles. The third kappa shape index (κ3) is 4.35. The quantitative estimate of drug-likeness (QED) is 0.266. The molecule has 0 saturated carbocycles. The Kier molecular flexibility index (Phi) is 5.72. The van der Waals surface area contributed by atoms with Crippen molar-refractivity contribution in [3.63, 3.8) is 0 Å². The molecule has 1 aliphatic heterocycles. The van der Waals surface area contributed by atoms with E-state index < -0.39 is 11.8 Å². The van der Waals surface area contributed by atoms with Crippen molar-refractivity contribution in [2.75, 3.05) is 4.90 Å². The molecule has 2 heterocycles. The van der Waals surface area contributed by atoms with E-state index in [1.165, 1.54) is 4.90 Å². The van der Waals surface area contributed by atoms with Gasteiger partial charge in [0.15, 0.2) is 5.11 Å². The topological polar surface area (TPSA) is 76.5 Å². The summed E-state index contributed by atoms with van der Waals surface area (Å²) in [6, 6.07) is 23.7. The molecule has 2 amide bonds. The van der Waals surface area contributed by atoms with Crippen LogP contribution < -0.4 is 15.0 Å². The van der Waals surface area contributed by atoms with E-state index in [0.29, 0.717) is 22.7 Å². The van der Waals surface area contributed by atoms with Crippen LogP contribution in [0.25, 0.3) is 11.8 Å². The Hall–Kier alpha value is -4.56. The highest BCUT2D eigenvalue weighted by molar-refractivity contribution is 7.80. The molecule has 4 aromatic rings. The molecule has 5 rings (SSSR count). The average molecular weight is 467 g/mol. The van der Waals surface area contributed by atoms with Gasteiger partial charge in [-0.05, 0) is 72.4 Å². The van der Waals surface area contributed by atoms with Crippen molar-refractivity contribution in [2.24, 2.45) is 0 Å². The van der Waals surface area contributed by atoms with Gasteiger partial charge in [-0.2, -0.15) is 0 Å². The molecule has 0 aliphatic carbocycles. The zero-order valence-electron chi connectivity index (χ0n) is 17.8. The molecule has 34 heavy (non-hydrogen) atoms. The smallest absolute Gasteiger partial charge is 0.270 e. The van der Waals surface area contributed by atoms with Crippen LogP contribution in [-0.4, -0.2) is 26.5 Å². The molecule has 1 fully saturated rings. The first-order valence-electron chi connectivity index (χ1n) is 10.4. The van der Waals surface area contributed by atoms with Crippen LogP contribution in [0.2, 0.25) is 0 Å². The summed E-state index contributed by atoms with van der Waals surface area (Å²) in [5.74, 6) is 0.289. The van der Waals surface area contributed by atoms with Crippen LogP contribution in [0.5, 0.6) is 11.5 Å². The van der Waals surface area contributed by atoms with Crippen molar-refractivity contribution in [1.82, 2.24) is 14.9 Å². The fraction of sp³-hybridized carbons (Fsp3) is 0. The summed E-state index contributed by atoms with van der Waals surface area (Å²) >= 11 is 5.29. The number of carbonyl (C=O) groups is 2. The number of nitrogens with zero attached hydrogens (tertiary/aromatic N) is 3. The average Bonchev–Trinajstić information content (AvgIpc) is 3.39. The number of hydrogen-bond donors (Lipinski definition) is 1. The summed E-state index contributed by atoms with van der Waals surface area (Å²) < 4.78 is 7.67. The van der Waals surface area contributed by atoms with Gasteiger partial charge in [0.2, 0.25) is 0 Å². The first-order chi connectivity index (χ1) is 16.6. The number of anilines is 1. The van der Waals surface area contributed by atoms with Crippen LogP contribution in [-0.2, 0) is 9.59 Å². The molecular weight excluding hydrogens is 448 g/mol. The van der Waals surface area contributed by atoms with Crippen molar-refractivity contribution in [2.45, 2.75) is 0 Å². The lowest BCUT2D eigenvalue weighted by Crippen LogP contribution is -2.54. The van der Waals surface area contributed by atoms with Gasteiger partial charge in [0.05, 0.1) is 12.0 Å². The lowest BCUT2D eigenvalue weighted by molar-refractivity contribution is -0.122. The highest BCUT2D eigenvalue weighted by Gasteiger charge is 2.34. The molecule has 0 unspecified atom stereocenters. The minimum Gasteiger partial charge on any atom is -0.457 e. The maximum absolute atomic E-state index is 13.2.